The van der Waals surface area contributed by atoms with Gasteiger partial charge in [-0.05, 0) is 42.8 Å². The number of ether oxygens (including phenoxy) is 1. The smallest absolute Gasteiger partial charge is 0.216 e. The predicted molar refractivity (Wildman–Crippen MR) is 87.4 cm³/mol. The molecule has 0 aliphatic carbocycles. The van der Waals surface area contributed by atoms with Crippen LogP contribution in [-0.4, -0.2) is 27.1 Å². The number of aromatic nitrogens is 1. The van der Waals surface area contributed by atoms with Gasteiger partial charge in [-0.3, -0.25) is 0 Å². The standard InChI is InChI=1S/C15H16N2O3S2/c1-20-11-3-2-4-12(7-11)22(18,19)14-8-13-15(21-14)10(5-6-16)9-17-13/h2-4,7-9,17H,5-6,16H2,1H3. The minimum absolute atomic E-state index is 0.233. The van der Waals surface area contributed by atoms with Crippen LogP contribution in [0.2, 0.25) is 0 Å². The van der Waals surface area contributed by atoms with Crippen LogP contribution in [0.15, 0.2) is 45.6 Å². The Balaban J connectivity index is 2.08. The van der Waals surface area contributed by atoms with E-state index >= 15 is 0 Å². The highest BCUT2D eigenvalue weighted by Crippen LogP contribution is 2.35. The Kier molecular flexibility index (Phi) is 3.94. The molecule has 3 aromatic rings. The van der Waals surface area contributed by atoms with Crippen molar-refractivity contribution >= 4 is 31.4 Å². The molecule has 22 heavy (non-hydrogen) atoms. The number of benzene rings is 1. The third-order valence-electron chi connectivity index (χ3n) is 3.43. The van der Waals surface area contributed by atoms with Crippen LogP contribution < -0.4 is 10.5 Å². The van der Waals surface area contributed by atoms with E-state index in [0.717, 1.165) is 22.2 Å². The highest BCUT2D eigenvalue weighted by atomic mass is 32.2. The number of aromatic amines is 1. The first kappa shape index (κ1) is 15.1. The van der Waals surface area contributed by atoms with Gasteiger partial charge in [0.2, 0.25) is 9.84 Å². The molecule has 1 aromatic carbocycles. The first-order valence-corrected chi connectivity index (χ1v) is 9.05. The van der Waals surface area contributed by atoms with Gasteiger partial charge >= 0.3 is 0 Å². The van der Waals surface area contributed by atoms with E-state index in [2.05, 4.69) is 4.98 Å². The van der Waals surface area contributed by atoms with Crippen molar-refractivity contribution in [1.29, 1.82) is 0 Å². The molecule has 0 amide bonds. The number of rotatable bonds is 5. The second kappa shape index (κ2) is 5.75. The normalized spacial score (nSPS) is 11.9. The summed E-state index contributed by atoms with van der Waals surface area (Å²) in [5.74, 6) is 0.520. The van der Waals surface area contributed by atoms with Crippen LogP contribution in [0.25, 0.3) is 10.2 Å². The fourth-order valence-electron chi connectivity index (χ4n) is 2.30. The fraction of sp³-hybridized carbons (Fsp3) is 0.200. The molecule has 2 heterocycles. The number of sulfone groups is 1. The van der Waals surface area contributed by atoms with E-state index < -0.39 is 9.84 Å². The zero-order valence-corrected chi connectivity index (χ0v) is 13.6. The first-order valence-electron chi connectivity index (χ1n) is 6.75. The number of hydrogen-bond acceptors (Lipinski definition) is 5. The zero-order valence-electron chi connectivity index (χ0n) is 12.0. The Morgan fingerprint density at radius 2 is 2.14 bits per heavy atom. The molecule has 3 N–H and O–H groups in total. The van der Waals surface area contributed by atoms with Crippen molar-refractivity contribution in [2.75, 3.05) is 13.7 Å². The lowest BCUT2D eigenvalue weighted by atomic mass is 10.2. The number of H-pyrrole nitrogens is 1. The number of fused-ring (bicyclic) bond motifs is 1. The molecule has 0 spiro atoms. The fourth-order valence-corrected chi connectivity index (χ4v) is 5.21. The van der Waals surface area contributed by atoms with Gasteiger partial charge < -0.3 is 15.5 Å². The molecule has 0 bridgehead atoms. The van der Waals surface area contributed by atoms with Crippen molar-refractivity contribution in [1.82, 2.24) is 4.98 Å². The molecular formula is C15H16N2O3S2. The van der Waals surface area contributed by atoms with Crippen molar-refractivity contribution < 1.29 is 13.2 Å². The molecule has 0 radical (unpaired) electrons. The van der Waals surface area contributed by atoms with Gasteiger partial charge in [0.25, 0.3) is 0 Å². The first-order chi connectivity index (χ1) is 10.6. The topological polar surface area (TPSA) is 85.2 Å². The SMILES string of the molecule is COc1cccc(S(=O)(=O)c2cc3[nH]cc(CCN)c3s2)c1. The maximum Gasteiger partial charge on any atom is 0.216 e. The Morgan fingerprint density at radius 3 is 2.86 bits per heavy atom. The second-order valence-corrected chi connectivity index (χ2v) is 8.07. The summed E-state index contributed by atoms with van der Waals surface area (Å²) in [4.78, 5) is 3.34. The Hall–Kier alpha value is -1.83. The molecule has 0 fully saturated rings. The monoisotopic (exact) mass is 336 g/mol. The second-order valence-electron chi connectivity index (χ2n) is 4.84. The largest absolute Gasteiger partial charge is 0.497 e. The maximum absolute atomic E-state index is 12.8. The number of hydrogen-bond donors (Lipinski definition) is 2. The van der Waals surface area contributed by atoms with Crippen LogP contribution in [0.5, 0.6) is 5.75 Å². The van der Waals surface area contributed by atoms with Gasteiger partial charge in [0, 0.05) is 6.20 Å². The molecular weight excluding hydrogens is 320 g/mol. The van der Waals surface area contributed by atoms with Crippen LogP contribution in [-0.2, 0) is 16.3 Å². The van der Waals surface area contributed by atoms with Crippen LogP contribution in [0.1, 0.15) is 5.56 Å². The lowest BCUT2D eigenvalue weighted by molar-refractivity contribution is 0.413. The van der Waals surface area contributed by atoms with Gasteiger partial charge in [0.1, 0.15) is 9.96 Å². The number of nitrogens with one attached hydrogen (secondary N) is 1. The summed E-state index contributed by atoms with van der Waals surface area (Å²) < 4.78 is 31.9. The molecule has 0 aliphatic rings. The van der Waals surface area contributed by atoms with Crippen LogP contribution >= 0.6 is 11.3 Å². The van der Waals surface area contributed by atoms with Gasteiger partial charge in [0.05, 0.1) is 22.2 Å². The van der Waals surface area contributed by atoms with Crippen molar-refractivity contribution in [3.05, 3.63) is 42.1 Å². The van der Waals surface area contributed by atoms with Gasteiger partial charge in [-0.1, -0.05) is 6.07 Å². The Labute approximate surface area is 132 Å². The summed E-state index contributed by atoms with van der Waals surface area (Å²) in [6.07, 6.45) is 2.61. The van der Waals surface area contributed by atoms with Crippen molar-refractivity contribution in [3.8, 4) is 5.75 Å². The summed E-state index contributed by atoms with van der Waals surface area (Å²) >= 11 is 1.27. The predicted octanol–water partition coefficient (Wildman–Crippen LogP) is 2.57. The number of nitrogens with two attached hydrogens (primary N) is 1. The average Bonchev–Trinajstić information content (AvgIpc) is 3.10. The van der Waals surface area contributed by atoms with Crippen molar-refractivity contribution in [3.63, 3.8) is 0 Å². The van der Waals surface area contributed by atoms with E-state index in [1.54, 1.807) is 24.3 Å². The quantitative estimate of drug-likeness (QED) is 0.750. The van der Waals surface area contributed by atoms with E-state index in [0.29, 0.717) is 16.5 Å². The van der Waals surface area contributed by atoms with E-state index in [4.69, 9.17) is 10.5 Å². The van der Waals surface area contributed by atoms with E-state index in [9.17, 15) is 8.42 Å². The van der Waals surface area contributed by atoms with Gasteiger partial charge in [0.15, 0.2) is 0 Å². The maximum atomic E-state index is 12.8. The summed E-state index contributed by atoms with van der Waals surface area (Å²) in [7, 11) is -2.03. The van der Waals surface area contributed by atoms with Crippen LogP contribution in [0.4, 0.5) is 0 Å². The van der Waals surface area contributed by atoms with Gasteiger partial charge in [-0.2, -0.15) is 0 Å². The van der Waals surface area contributed by atoms with Gasteiger partial charge in [-0.15, -0.1) is 11.3 Å². The molecule has 0 saturated heterocycles. The molecule has 0 aliphatic heterocycles. The summed E-state index contributed by atoms with van der Waals surface area (Å²) in [6.45, 7) is 0.531. The Morgan fingerprint density at radius 1 is 1.32 bits per heavy atom. The molecule has 7 heteroatoms. The van der Waals surface area contributed by atoms with E-state index in [-0.39, 0.29) is 4.90 Å². The van der Waals surface area contributed by atoms with Gasteiger partial charge in [-0.25, -0.2) is 8.42 Å². The highest BCUT2D eigenvalue weighted by Gasteiger charge is 2.22. The summed E-state index contributed by atoms with van der Waals surface area (Å²) in [6, 6.07) is 8.17. The Bertz CT molecular complexity index is 910. The zero-order chi connectivity index (χ0) is 15.7. The highest BCUT2D eigenvalue weighted by molar-refractivity contribution is 7.93. The molecule has 0 atom stereocenters. The third kappa shape index (κ3) is 2.51. The lowest BCUT2D eigenvalue weighted by Crippen LogP contribution is -2.01. The number of methoxy groups -OCH3 is 1. The molecule has 116 valence electrons. The van der Waals surface area contributed by atoms with Crippen molar-refractivity contribution in [2.45, 2.75) is 15.5 Å². The molecule has 2 aromatic heterocycles. The van der Waals surface area contributed by atoms with E-state index in [1.165, 1.54) is 24.5 Å². The van der Waals surface area contributed by atoms with Crippen molar-refractivity contribution in [2.24, 2.45) is 5.73 Å². The summed E-state index contributed by atoms with van der Waals surface area (Å²) in [5, 5.41) is 0. The number of thiophene rings is 1. The minimum Gasteiger partial charge on any atom is -0.497 e. The third-order valence-corrected chi connectivity index (χ3v) is 6.87. The van der Waals surface area contributed by atoms with Crippen LogP contribution in [0.3, 0.4) is 0 Å². The van der Waals surface area contributed by atoms with E-state index in [1.807, 2.05) is 6.20 Å². The molecule has 3 rings (SSSR count). The molecule has 0 unspecified atom stereocenters. The minimum atomic E-state index is -3.55. The van der Waals surface area contributed by atoms with Crippen LogP contribution in [0, 0.1) is 0 Å². The summed E-state index contributed by atoms with van der Waals surface area (Å²) in [5.41, 5.74) is 7.46. The molecule has 0 saturated carbocycles. The average molecular weight is 336 g/mol. The molecule has 5 nitrogen and oxygen atoms in total. The lowest BCUT2D eigenvalue weighted by Gasteiger charge is -2.04.